The maximum Gasteiger partial charge on any atom is 0.306 e. The molecule has 0 aromatic heterocycles. The third-order valence-corrected chi connectivity index (χ3v) is 6.19. The number of esters is 1. The predicted octanol–water partition coefficient (Wildman–Crippen LogP) is 2.22. The van der Waals surface area contributed by atoms with Crippen LogP contribution in [0.5, 0.6) is 5.75 Å². The first-order valence-electron chi connectivity index (χ1n) is 10.4. The molecule has 0 bridgehead atoms. The van der Waals surface area contributed by atoms with Crippen molar-refractivity contribution in [2.75, 3.05) is 18.1 Å². The molecule has 3 rings (SSSR count). The summed E-state index contributed by atoms with van der Waals surface area (Å²) in [6, 6.07) is 10.9. The van der Waals surface area contributed by atoms with Crippen LogP contribution < -0.4 is 14.8 Å². The van der Waals surface area contributed by atoms with Crippen molar-refractivity contribution in [3.8, 4) is 5.75 Å². The minimum Gasteiger partial charge on any atom is -0.494 e. The molecular formula is C23H26N2O7S. The maximum absolute atomic E-state index is 12.7. The molecule has 2 N–H and O–H groups in total. The van der Waals surface area contributed by atoms with Gasteiger partial charge < -0.3 is 14.4 Å². The molecule has 0 radical (unpaired) electrons. The van der Waals surface area contributed by atoms with Crippen molar-refractivity contribution < 1.29 is 32.3 Å². The molecule has 1 atom stereocenters. The number of nitrogens with two attached hydrogens (primary N) is 1. The molecular weight excluding hydrogens is 448 g/mol. The Hall–Kier alpha value is -3.24. The Kier molecular flexibility index (Phi) is 7.50. The molecule has 33 heavy (non-hydrogen) atoms. The molecule has 9 nitrogen and oxygen atoms in total. The van der Waals surface area contributed by atoms with Gasteiger partial charge in [0, 0.05) is 23.7 Å². The number of benzene rings is 2. The normalized spacial score (nSPS) is 15.1. The molecule has 1 aliphatic rings. The van der Waals surface area contributed by atoms with Crippen LogP contribution in [0.15, 0.2) is 47.4 Å². The molecule has 0 aliphatic carbocycles. The molecule has 0 saturated carbocycles. The number of rotatable bonds is 9. The minimum absolute atomic E-state index is 0.00816. The summed E-state index contributed by atoms with van der Waals surface area (Å²) in [6.07, 6.45) is 0.965. The van der Waals surface area contributed by atoms with E-state index in [1.165, 1.54) is 24.0 Å². The quantitative estimate of drug-likeness (QED) is 0.335. The summed E-state index contributed by atoms with van der Waals surface area (Å²) in [7, 11) is -3.83. The molecule has 0 fully saturated rings. The number of ketones is 1. The van der Waals surface area contributed by atoms with Gasteiger partial charge in [-0.15, -0.1) is 0 Å². The number of amides is 1. The van der Waals surface area contributed by atoms with E-state index in [1.807, 2.05) is 6.92 Å². The van der Waals surface area contributed by atoms with Gasteiger partial charge in [-0.05, 0) is 74.7 Å². The van der Waals surface area contributed by atoms with E-state index in [0.717, 1.165) is 0 Å². The van der Waals surface area contributed by atoms with E-state index in [-0.39, 0.29) is 35.7 Å². The van der Waals surface area contributed by atoms with Crippen molar-refractivity contribution in [1.82, 2.24) is 0 Å². The van der Waals surface area contributed by atoms with Crippen molar-refractivity contribution in [1.29, 1.82) is 0 Å². The van der Waals surface area contributed by atoms with Crippen LogP contribution in [0.25, 0.3) is 0 Å². The van der Waals surface area contributed by atoms with Gasteiger partial charge in [0.2, 0.25) is 10.0 Å². The number of hydrogen-bond acceptors (Lipinski definition) is 7. The smallest absolute Gasteiger partial charge is 0.306 e. The summed E-state index contributed by atoms with van der Waals surface area (Å²) in [4.78, 5) is 37.4. The summed E-state index contributed by atoms with van der Waals surface area (Å²) < 4.78 is 33.8. The Balaban J connectivity index is 1.45. The van der Waals surface area contributed by atoms with Gasteiger partial charge in [0.1, 0.15) is 5.75 Å². The Morgan fingerprint density at radius 3 is 2.45 bits per heavy atom. The van der Waals surface area contributed by atoms with Crippen molar-refractivity contribution >= 4 is 33.4 Å². The number of ether oxygens (including phenoxy) is 2. The zero-order chi connectivity index (χ0) is 24.2. The lowest BCUT2D eigenvalue weighted by Gasteiger charge is -2.22. The average Bonchev–Trinajstić information content (AvgIpc) is 3.09. The molecule has 10 heteroatoms. The summed E-state index contributed by atoms with van der Waals surface area (Å²) in [5.74, 6) is -0.343. The molecule has 0 spiro atoms. The number of hydrogen-bond donors (Lipinski definition) is 1. The van der Waals surface area contributed by atoms with Crippen LogP contribution in [0.3, 0.4) is 0 Å². The molecule has 1 amide bonds. The summed E-state index contributed by atoms with van der Waals surface area (Å²) >= 11 is 0. The van der Waals surface area contributed by atoms with E-state index in [1.54, 1.807) is 30.3 Å². The molecule has 2 aromatic rings. The van der Waals surface area contributed by atoms with E-state index in [9.17, 15) is 22.8 Å². The standard InChI is InChI=1S/C23H26N2O7S/c1-15-12-18-13-20(33(24,29)30)9-10-21(18)25(15)22(27)14-32-23(28)4-3-11-31-19-7-5-17(6-8-19)16(2)26/h5-10,13,15H,3-4,11-12,14H2,1-2H3,(H2,24,29,30)/t15-/m0/s1. The van der Waals surface area contributed by atoms with Crippen LogP contribution in [-0.2, 0) is 30.8 Å². The second-order valence-electron chi connectivity index (χ2n) is 7.85. The maximum atomic E-state index is 12.7. The molecule has 0 unspecified atom stereocenters. The highest BCUT2D eigenvalue weighted by Gasteiger charge is 2.32. The monoisotopic (exact) mass is 474 g/mol. The summed E-state index contributed by atoms with van der Waals surface area (Å²) in [5, 5.41) is 5.17. The fraction of sp³-hybridized carbons (Fsp3) is 0.348. The number of carbonyl (C=O) groups excluding carboxylic acids is 3. The van der Waals surface area contributed by atoms with Crippen molar-refractivity contribution in [3.05, 3.63) is 53.6 Å². The summed E-state index contributed by atoms with van der Waals surface area (Å²) in [5.41, 5.74) is 1.87. The SMILES string of the molecule is CC(=O)c1ccc(OCCCC(=O)OCC(=O)N2c3ccc(S(N)(=O)=O)cc3C[C@@H]2C)cc1. The topological polar surface area (TPSA) is 133 Å². The van der Waals surface area contributed by atoms with Crippen LogP contribution in [0.4, 0.5) is 5.69 Å². The van der Waals surface area contributed by atoms with E-state index in [4.69, 9.17) is 14.6 Å². The van der Waals surface area contributed by atoms with E-state index < -0.39 is 22.6 Å². The lowest BCUT2D eigenvalue weighted by molar-refractivity contribution is -0.148. The van der Waals surface area contributed by atoms with Gasteiger partial charge in [-0.25, -0.2) is 13.6 Å². The van der Waals surface area contributed by atoms with Crippen LogP contribution in [0, 0.1) is 0 Å². The first-order chi connectivity index (χ1) is 15.6. The summed E-state index contributed by atoms with van der Waals surface area (Å²) in [6.45, 7) is 3.19. The van der Waals surface area contributed by atoms with Crippen molar-refractivity contribution in [2.45, 2.75) is 44.0 Å². The van der Waals surface area contributed by atoms with Crippen LogP contribution in [0.1, 0.15) is 42.6 Å². The molecule has 1 aliphatic heterocycles. The highest BCUT2D eigenvalue weighted by atomic mass is 32.2. The molecule has 1 heterocycles. The third-order valence-electron chi connectivity index (χ3n) is 5.28. The van der Waals surface area contributed by atoms with Crippen molar-refractivity contribution in [2.24, 2.45) is 5.14 Å². The molecule has 0 saturated heterocycles. The Morgan fingerprint density at radius 2 is 1.82 bits per heavy atom. The average molecular weight is 475 g/mol. The van der Waals surface area contributed by atoms with Gasteiger partial charge in [0.25, 0.3) is 5.91 Å². The highest BCUT2D eigenvalue weighted by Crippen LogP contribution is 2.33. The van der Waals surface area contributed by atoms with Crippen LogP contribution >= 0.6 is 0 Å². The number of nitrogens with zero attached hydrogens (tertiary/aromatic N) is 1. The second-order valence-corrected chi connectivity index (χ2v) is 9.41. The Labute approximate surface area is 192 Å². The van der Waals surface area contributed by atoms with Gasteiger partial charge in [0.05, 0.1) is 11.5 Å². The van der Waals surface area contributed by atoms with Crippen molar-refractivity contribution in [3.63, 3.8) is 0 Å². The van der Waals surface area contributed by atoms with E-state index in [2.05, 4.69) is 0 Å². The number of Topliss-reactive ketones (excluding diaryl/α,β-unsaturated/α-hetero) is 1. The predicted molar refractivity (Wildman–Crippen MR) is 121 cm³/mol. The lowest BCUT2D eigenvalue weighted by Crippen LogP contribution is -2.38. The molecule has 2 aromatic carbocycles. The first-order valence-corrected chi connectivity index (χ1v) is 12.0. The van der Waals surface area contributed by atoms with E-state index in [0.29, 0.717) is 35.4 Å². The van der Waals surface area contributed by atoms with Gasteiger partial charge in [0.15, 0.2) is 12.4 Å². The van der Waals surface area contributed by atoms with Gasteiger partial charge in [-0.3, -0.25) is 14.4 Å². The van der Waals surface area contributed by atoms with E-state index >= 15 is 0 Å². The zero-order valence-corrected chi connectivity index (χ0v) is 19.3. The largest absolute Gasteiger partial charge is 0.494 e. The Morgan fingerprint density at radius 1 is 1.12 bits per heavy atom. The number of fused-ring (bicyclic) bond motifs is 1. The number of carbonyl (C=O) groups is 3. The van der Waals surface area contributed by atoms with Crippen LogP contribution in [-0.4, -0.2) is 45.3 Å². The number of sulfonamides is 1. The van der Waals surface area contributed by atoms with Crippen LogP contribution in [0.2, 0.25) is 0 Å². The van der Waals surface area contributed by atoms with Gasteiger partial charge in [-0.1, -0.05) is 0 Å². The second kappa shape index (κ2) is 10.1. The third kappa shape index (κ3) is 6.17. The highest BCUT2D eigenvalue weighted by molar-refractivity contribution is 7.89. The van der Waals surface area contributed by atoms with Gasteiger partial charge in [-0.2, -0.15) is 0 Å². The fourth-order valence-corrected chi connectivity index (χ4v) is 4.21. The Bertz CT molecular complexity index is 1160. The lowest BCUT2D eigenvalue weighted by atomic mass is 10.1. The zero-order valence-electron chi connectivity index (χ0n) is 18.4. The number of anilines is 1. The van der Waals surface area contributed by atoms with Gasteiger partial charge >= 0.3 is 5.97 Å². The fourth-order valence-electron chi connectivity index (χ4n) is 3.64. The minimum atomic E-state index is -3.83. The number of primary sulfonamides is 1. The first kappa shape index (κ1) is 24.4. The molecule has 176 valence electrons.